The van der Waals surface area contributed by atoms with Crippen LogP contribution in [0.1, 0.15) is 30.9 Å². The fourth-order valence-electron chi connectivity index (χ4n) is 3.08. The summed E-state index contributed by atoms with van der Waals surface area (Å²) in [5.74, 6) is -0.304. The molecule has 0 aliphatic carbocycles. The Bertz CT molecular complexity index is 409. The van der Waals surface area contributed by atoms with Crippen LogP contribution in [0, 0.1) is 0 Å². The Labute approximate surface area is 115 Å². The zero-order valence-electron chi connectivity index (χ0n) is 11.7. The van der Waals surface area contributed by atoms with Crippen molar-refractivity contribution in [2.24, 2.45) is 0 Å². The van der Waals surface area contributed by atoms with E-state index in [1.54, 1.807) is 0 Å². The van der Waals surface area contributed by atoms with Crippen LogP contribution in [0.25, 0.3) is 0 Å². The van der Waals surface area contributed by atoms with E-state index in [9.17, 15) is 0 Å². The average Bonchev–Trinajstić information content (AvgIpc) is 2.88. The van der Waals surface area contributed by atoms with Gasteiger partial charge in [0.25, 0.3) is 0 Å². The highest BCUT2D eigenvalue weighted by molar-refractivity contribution is 5.22. The third-order valence-corrected chi connectivity index (χ3v) is 4.15. The Morgan fingerprint density at radius 2 is 1.79 bits per heavy atom. The normalized spacial score (nSPS) is 23.0. The van der Waals surface area contributed by atoms with Crippen LogP contribution >= 0.6 is 0 Å². The molecule has 19 heavy (non-hydrogen) atoms. The first-order chi connectivity index (χ1) is 9.30. The topological polar surface area (TPSA) is 21.7 Å². The molecule has 0 saturated carbocycles. The highest BCUT2D eigenvalue weighted by Gasteiger charge is 2.40. The second kappa shape index (κ2) is 5.61. The lowest BCUT2D eigenvalue weighted by Crippen LogP contribution is -2.48. The molecule has 2 saturated heterocycles. The minimum atomic E-state index is -0.304. The van der Waals surface area contributed by atoms with E-state index >= 15 is 0 Å². The van der Waals surface area contributed by atoms with Crippen LogP contribution in [0.2, 0.25) is 0 Å². The molecule has 2 fully saturated rings. The lowest BCUT2D eigenvalue weighted by molar-refractivity contribution is -0.190. The van der Waals surface area contributed by atoms with Crippen molar-refractivity contribution in [3.05, 3.63) is 35.4 Å². The van der Waals surface area contributed by atoms with Gasteiger partial charge >= 0.3 is 0 Å². The van der Waals surface area contributed by atoms with Gasteiger partial charge in [0.05, 0.1) is 19.8 Å². The van der Waals surface area contributed by atoms with E-state index in [1.807, 2.05) is 0 Å². The van der Waals surface area contributed by atoms with E-state index < -0.39 is 0 Å². The van der Waals surface area contributed by atoms with Gasteiger partial charge in [-0.15, -0.1) is 0 Å². The molecule has 3 rings (SSSR count). The van der Waals surface area contributed by atoms with Crippen molar-refractivity contribution >= 4 is 0 Å². The van der Waals surface area contributed by atoms with E-state index in [0.29, 0.717) is 0 Å². The molecule has 1 aromatic carbocycles. The zero-order chi connectivity index (χ0) is 13.1. The molecule has 1 aromatic rings. The lowest BCUT2D eigenvalue weighted by Gasteiger charge is -2.38. The molecule has 0 N–H and O–H groups in total. The summed E-state index contributed by atoms with van der Waals surface area (Å²) in [6.07, 6.45) is 3.31. The number of nitrogens with zero attached hydrogens (tertiary/aromatic N) is 1. The summed E-state index contributed by atoms with van der Waals surface area (Å²) < 4.78 is 11.6. The first-order valence-electron chi connectivity index (χ1n) is 7.38. The van der Waals surface area contributed by atoms with E-state index in [0.717, 1.165) is 52.1 Å². The first kappa shape index (κ1) is 13.1. The Morgan fingerprint density at radius 1 is 1.11 bits per heavy atom. The fraction of sp³-hybridized carbons (Fsp3) is 0.625. The monoisotopic (exact) mass is 261 g/mol. The predicted molar refractivity (Wildman–Crippen MR) is 75.0 cm³/mol. The van der Waals surface area contributed by atoms with Gasteiger partial charge in [-0.3, -0.25) is 4.90 Å². The van der Waals surface area contributed by atoms with Gasteiger partial charge < -0.3 is 9.47 Å². The van der Waals surface area contributed by atoms with Gasteiger partial charge in [-0.05, 0) is 30.5 Å². The Morgan fingerprint density at radius 3 is 2.47 bits per heavy atom. The number of hydrogen-bond donors (Lipinski definition) is 0. The summed E-state index contributed by atoms with van der Waals surface area (Å²) in [5.41, 5.74) is 2.79. The Balaban J connectivity index is 1.62. The van der Waals surface area contributed by atoms with Crippen molar-refractivity contribution in [2.45, 2.75) is 38.5 Å². The molecular formula is C16H23NO2. The van der Waals surface area contributed by atoms with Crippen LogP contribution in [0.5, 0.6) is 0 Å². The molecule has 0 radical (unpaired) electrons. The molecule has 2 heterocycles. The van der Waals surface area contributed by atoms with E-state index in [-0.39, 0.29) is 5.79 Å². The molecule has 3 nitrogen and oxygen atoms in total. The summed E-state index contributed by atoms with van der Waals surface area (Å²) >= 11 is 0. The van der Waals surface area contributed by atoms with Crippen LogP contribution < -0.4 is 0 Å². The van der Waals surface area contributed by atoms with Crippen LogP contribution in [-0.4, -0.2) is 37.0 Å². The summed E-state index contributed by atoms with van der Waals surface area (Å²) in [7, 11) is 0. The largest absolute Gasteiger partial charge is 0.346 e. The molecule has 0 atom stereocenters. The number of hydrogen-bond acceptors (Lipinski definition) is 3. The molecule has 0 bridgehead atoms. The summed E-state index contributed by atoms with van der Waals surface area (Å²) in [4.78, 5) is 2.45. The van der Waals surface area contributed by atoms with E-state index in [4.69, 9.17) is 9.47 Å². The molecule has 1 spiro atoms. The van der Waals surface area contributed by atoms with Crippen molar-refractivity contribution in [3.63, 3.8) is 0 Å². The third kappa shape index (κ3) is 2.99. The second-order valence-electron chi connectivity index (χ2n) is 5.59. The number of likely N-dealkylation sites (tertiary alicyclic amines) is 1. The molecule has 104 valence electrons. The predicted octanol–water partition coefficient (Wildman–Crippen LogP) is 2.59. The lowest BCUT2D eigenvalue weighted by atomic mass is 10.0. The van der Waals surface area contributed by atoms with Gasteiger partial charge in [0.1, 0.15) is 0 Å². The highest BCUT2D eigenvalue weighted by Crippen LogP contribution is 2.30. The average molecular weight is 261 g/mol. The maximum atomic E-state index is 5.82. The zero-order valence-corrected chi connectivity index (χ0v) is 11.7. The Kier molecular flexibility index (Phi) is 3.87. The van der Waals surface area contributed by atoms with Gasteiger partial charge in [-0.2, -0.15) is 0 Å². The molecule has 3 heteroatoms. The summed E-state index contributed by atoms with van der Waals surface area (Å²) in [5, 5.41) is 0. The van der Waals surface area contributed by atoms with Crippen molar-refractivity contribution in [2.75, 3.05) is 26.3 Å². The summed E-state index contributed by atoms with van der Waals surface area (Å²) in [6.45, 7) is 6.74. The second-order valence-corrected chi connectivity index (χ2v) is 5.59. The maximum Gasteiger partial charge on any atom is 0.181 e. The van der Waals surface area contributed by atoms with Gasteiger partial charge in [0, 0.05) is 13.0 Å². The Hall–Kier alpha value is -0.900. The van der Waals surface area contributed by atoms with Crippen molar-refractivity contribution in [3.8, 4) is 0 Å². The van der Waals surface area contributed by atoms with Gasteiger partial charge in [-0.1, -0.05) is 31.2 Å². The number of benzene rings is 1. The third-order valence-electron chi connectivity index (χ3n) is 4.15. The van der Waals surface area contributed by atoms with Crippen molar-refractivity contribution in [1.82, 2.24) is 4.90 Å². The van der Waals surface area contributed by atoms with E-state index in [1.165, 1.54) is 11.1 Å². The smallest absolute Gasteiger partial charge is 0.181 e. The number of ether oxygens (including phenoxy) is 2. The fourth-order valence-corrected chi connectivity index (χ4v) is 3.08. The highest BCUT2D eigenvalue weighted by atomic mass is 16.7. The SMILES string of the molecule is CCc1ccc(CN2CCCC3(C2)OCCO3)cc1. The van der Waals surface area contributed by atoms with Gasteiger partial charge in [-0.25, -0.2) is 0 Å². The molecule has 0 unspecified atom stereocenters. The van der Waals surface area contributed by atoms with Crippen LogP contribution in [0.3, 0.4) is 0 Å². The van der Waals surface area contributed by atoms with Gasteiger partial charge in [0.2, 0.25) is 0 Å². The van der Waals surface area contributed by atoms with Crippen LogP contribution in [0.15, 0.2) is 24.3 Å². The summed E-state index contributed by atoms with van der Waals surface area (Å²) in [6, 6.07) is 8.96. The molecule has 0 amide bonds. The minimum Gasteiger partial charge on any atom is -0.346 e. The minimum absolute atomic E-state index is 0.304. The van der Waals surface area contributed by atoms with E-state index in [2.05, 4.69) is 36.1 Å². The quantitative estimate of drug-likeness (QED) is 0.835. The van der Waals surface area contributed by atoms with Crippen LogP contribution in [0.4, 0.5) is 0 Å². The van der Waals surface area contributed by atoms with Crippen molar-refractivity contribution in [1.29, 1.82) is 0 Å². The number of piperidine rings is 1. The molecule has 2 aliphatic rings. The van der Waals surface area contributed by atoms with Crippen molar-refractivity contribution < 1.29 is 9.47 Å². The van der Waals surface area contributed by atoms with Gasteiger partial charge in [0.15, 0.2) is 5.79 Å². The van der Waals surface area contributed by atoms with Crippen LogP contribution in [-0.2, 0) is 22.4 Å². The first-order valence-corrected chi connectivity index (χ1v) is 7.38. The molecule has 2 aliphatic heterocycles. The number of aryl methyl sites for hydroxylation is 1. The molecule has 0 aromatic heterocycles. The standard InChI is InChI=1S/C16H23NO2/c1-2-14-4-6-15(7-5-14)12-17-9-3-8-16(13-17)18-10-11-19-16/h4-7H,2-3,8-13H2,1H3. The molecular weight excluding hydrogens is 238 g/mol. The maximum absolute atomic E-state index is 5.82. The number of rotatable bonds is 3.